The fraction of sp³-hybridized carbons (Fsp3) is 0.600. The van der Waals surface area contributed by atoms with Gasteiger partial charge in [0.1, 0.15) is 0 Å². The molecule has 2 rings (SSSR count). The molecule has 3 heteroatoms. The molecule has 1 fully saturated rings. The average Bonchev–Trinajstić information content (AvgIpc) is 2.40. The second-order valence-electron chi connectivity index (χ2n) is 5.15. The van der Waals surface area contributed by atoms with Crippen LogP contribution in [0.4, 0.5) is 0 Å². The molecule has 0 aliphatic heterocycles. The molecule has 1 unspecified atom stereocenters. The summed E-state index contributed by atoms with van der Waals surface area (Å²) in [4.78, 5) is 0. The molecular formula is C15H22ClNO. The molecular weight excluding hydrogens is 246 g/mol. The van der Waals surface area contributed by atoms with Gasteiger partial charge < -0.3 is 10.4 Å². The van der Waals surface area contributed by atoms with Gasteiger partial charge in [-0.2, -0.15) is 0 Å². The Bertz CT molecular complexity index is 346. The molecule has 0 heterocycles. The van der Waals surface area contributed by atoms with Crippen molar-refractivity contribution in [1.82, 2.24) is 5.32 Å². The van der Waals surface area contributed by atoms with Crippen molar-refractivity contribution in [2.75, 3.05) is 6.54 Å². The highest BCUT2D eigenvalue weighted by Gasteiger charge is 2.13. The van der Waals surface area contributed by atoms with E-state index in [1.165, 1.54) is 32.1 Å². The highest BCUT2D eigenvalue weighted by molar-refractivity contribution is 6.30. The van der Waals surface area contributed by atoms with Crippen molar-refractivity contribution >= 4 is 11.6 Å². The van der Waals surface area contributed by atoms with Crippen LogP contribution in [0.1, 0.15) is 50.2 Å². The molecule has 0 spiro atoms. The number of halogens is 1. The quantitative estimate of drug-likeness (QED) is 0.853. The zero-order valence-corrected chi connectivity index (χ0v) is 11.5. The fourth-order valence-corrected chi connectivity index (χ4v) is 2.71. The van der Waals surface area contributed by atoms with Crippen molar-refractivity contribution in [3.63, 3.8) is 0 Å². The predicted molar refractivity (Wildman–Crippen MR) is 75.9 cm³/mol. The van der Waals surface area contributed by atoms with Crippen molar-refractivity contribution < 1.29 is 5.11 Å². The lowest BCUT2D eigenvalue weighted by Gasteiger charge is -2.23. The third-order valence-electron chi connectivity index (χ3n) is 3.71. The summed E-state index contributed by atoms with van der Waals surface area (Å²) in [6.07, 6.45) is 7.02. The first kappa shape index (κ1) is 13.9. The third-order valence-corrected chi connectivity index (χ3v) is 3.96. The lowest BCUT2D eigenvalue weighted by molar-refractivity contribution is 0.164. The Hall–Kier alpha value is -0.570. The van der Waals surface area contributed by atoms with Crippen LogP contribution in [0.25, 0.3) is 0 Å². The van der Waals surface area contributed by atoms with E-state index >= 15 is 0 Å². The molecule has 18 heavy (non-hydrogen) atoms. The number of hydrogen-bond donors (Lipinski definition) is 2. The molecule has 1 aliphatic rings. The van der Waals surface area contributed by atoms with Crippen molar-refractivity contribution in [1.29, 1.82) is 0 Å². The van der Waals surface area contributed by atoms with Gasteiger partial charge in [-0.05, 0) is 43.5 Å². The zero-order chi connectivity index (χ0) is 12.8. The molecule has 2 nitrogen and oxygen atoms in total. The molecule has 1 aromatic carbocycles. The number of aliphatic hydroxyl groups excluding tert-OH is 1. The van der Waals surface area contributed by atoms with Gasteiger partial charge in [0.05, 0.1) is 6.10 Å². The van der Waals surface area contributed by atoms with Crippen LogP contribution in [0.3, 0.4) is 0 Å². The van der Waals surface area contributed by atoms with E-state index in [0.29, 0.717) is 11.1 Å². The summed E-state index contributed by atoms with van der Waals surface area (Å²) in [5.41, 5.74) is 0.949. The first-order valence-corrected chi connectivity index (χ1v) is 7.30. The first-order valence-electron chi connectivity index (χ1n) is 6.92. The lowest BCUT2D eigenvalue weighted by Crippen LogP contribution is -2.32. The van der Waals surface area contributed by atoms with Crippen LogP contribution in [0, 0.1) is 0 Å². The normalized spacial score (nSPS) is 18.8. The van der Waals surface area contributed by atoms with Gasteiger partial charge in [-0.1, -0.05) is 43.0 Å². The molecule has 0 aromatic heterocycles. The minimum absolute atomic E-state index is 0.390. The summed E-state index contributed by atoms with van der Waals surface area (Å²) >= 11 is 5.83. The number of hydrogen-bond acceptors (Lipinski definition) is 2. The minimum Gasteiger partial charge on any atom is -0.388 e. The lowest BCUT2D eigenvalue weighted by atomic mass is 9.95. The molecule has 0 saturated heterocycles. The van der Waals surface area contributed by atoms with E-state index in [9.17, 15) is 5.11 Å². The maximum absolute atomic E-state index is 10.1. The van der Waals surface area contributed by atoms with E-state index < -0.39 is 6.10 Å². The first-order chi connectivity index (χ1) is 8.75. The SMILES string of the molecule is OC(CCNC1CCCCC1)c1ccc(Cl)cc1. The fourth-order valence-electron chi connectivity index (χ4n) is 2.58. The largest absolute Gasteiger partial charge is 0.388 e. The van der Waals surface area contributed by atoms with Crippen LogP contribution in [-0.2, 0) is 0 Å². The number of benzene rings is 1. The van der Waals surface area contributed by atoms with Crippen LogP contribution in [-0.4, -0.2) is 17.7 Å². The Labute approximate surface area is 114 Å². The van der Waals surface area contributed by atoms with Gasteiger partial charge >= 0.3 is 0 Å². The Kier molecular flexibility index (Phi) is 5.48. The van der Waals surface area contributed by atoms with Gasteiger partial charge in [-0.3, -0.25) is 0 Å². The van der Waals surface area contributed by atoms with E-state index in [4.69, 9.17) is 11.6 Å². The topological polar surface area (TPSA) is 32.3 Å². The van der Waals surface area contributed by atoms with Gasteiger partial charge in [0.25, 0.3) is 0 Å². The number of rotatable bonds is 5. The Morgan fingerprint density at radius 3 is 2.50 bits per heavy atom. The molecule has 100 valence electrons. The van der Waals surface area contributed by atoms with Crippen molar-refractivity contribution in [2.24, 2.45) is 0 Å². The van der Waals surface area contributed by atoms with Crippen molar-refractivity contribution in [3.8, 4) is 0 Å². The Morgan fingerprint density at radius 1 is 1.17 bits per heavy atom. The molecule has 0 bridgehead atoms. The summed E-state index contributed by atoms with van der Waals surface area (Å²) in [6.45, 7) is 0.883. The van der Waals surface area contributed by atoms with E-state index in [1.807, 2.05) is 24.3 Å². The maximum Gasteiger partial charge on any atom is 0.0802 e. The molecule has 1 saturated carbocycles. The maximum atomic E-state index is 10.1. The summed E-state index contributed by atoms with van der Waals surface area (Å²) in [6, 6.07) is 8.11. The monoisotopic (exact) mass is 267 g/mol. The number of nitrogens with one attached hydrogen (secondary N) is 1. The van der Waals surface area contributed by atoms with E-state index in [2.05, 4.69) is 5.32 Å². The van der Waals surface area contributed by atoms with Gasteiger partial charge in [0.15, 0.2) is 0 Å². The molecule has 0 amide bonds. The van der Waals surface area contributed by atoms with E-state index in [0.717, 1.165) is 18.5 Å². The standard InChI is InChI=1S/C15H22ClNO/c16-13-8-6-12(7-9-13)15(18)10-11-17-14-4-2-1-3-5-14/h6-9,14-15,17-18H,1-5,10-11H2. The molecule has 2 N–H and O–H groups in total. The predicted octanol–water partition coefficient (Wildman–Crippen LogP) is 3.69. The third kappa shape index (κ3) is 4.27. The Balaban J connectivity index is 1.70. The van der Waals surface area contributed by atoms with Gasteiger partial charge in [0.2, 0.25) is 0 Å². The van der Waals surface area contributed by atoms with Gasteiger partial charge in [-0.25, -0.2) is 0 Å². The second-order valence-corrected chi connectivity index (χ2v) is 5.58. The summed E-state index contributed by atoms with van der Waals surface area (Å²) < 4.78 is 0. The average molecular weight is 268 g/mol. The summed E-state index contributed by atoms with van der Waals surface area (Å²) in [7, 11) is 0. The second kappa shape index (κ2) is 7.13. The van der Waals surface area contributed by atoms with E-state index in [-0.39, 0.29) is 0 Å². The van der Waals surface area contributed by atoms with Crippen LogP contribution in [0.2, 0.25) is 5.02 Å². The number of aliphatic hydroxyl groups is 1. The van der Waals surface area contributed by atoms with Crippen LogP contribution >= 0.6 is 11.6 Å². The van der Waals surface area contributed by atoms with Crippen LogP contribution in [0.15, 0.2) is 24.3 Å². The minimum atomic E-state index is -0.390. The zero-order valence-electron chi connectivity index (χ0n) is 10.7. The molecule has 1 aliphatic carbocycles. The smallest absolute Gasteiger partial charge is 0.0802 e. The van der Waals surface area contributed by atoms with Crippen LogP contribution in [0.5, 0.6) is 0 Å². The molecule has 1 aromatic rings. The van der Waals surface area contributed by atoms with Gasteiger partial charge in [0, 0.05) is 11.1 Å². The van der Waals surface area contributed by atoms with Crippen molar-refractivity contribution in [2.45, 2.75) is 50.7 Å². The van der Waals surface area contributed by atoms with E-state index in [1.54, 1.807) is 0 Å². The molecule has 1 atom stereocenters. The van der Waals surface area contributed by atoms with Crippen LogP contribution < -0.4 is 5.32 Å². The Morgan fingerprint density at radius 2 is 1.83 bits per heavy atom. The highest BCUT2D eigenvalue weighted by Crippen LogP contribution is 2.20. The summed E-state index contributed by atoms with van der Waals surface area (Å²) in [5.74, 6) is 0. The highest BCUT2D eigenvalue weighted by atomic mass is 35.5. The summed E-state index contributed by atoms with van der Waals surface area (Å²) in [5, 5.41) is 14.3. The van der Waals surface area contributed by atoms with Gasteiger partial charge in [-0.15, -0.1) is 0 Å². The van der Waals surface area contributed by atoms with Crippen molar-refractivity contribution in [3.05, 3.63) is 34.9 Å². The molecule has 0 radical (unpaired) electrons.